The molecule has 0 aliphatic carbocycles. The van der Waals surface area contributed by atoms with Gasteiger partial charge in [-0.15, -0.1) is 0 Å². The Bertz CT molecular complexity index is 916. The SMILES string of the molecule is COc1c(-c2cc3cccnc3[nH]2)c2ccccc2n1C. The first-order valence-electron chi connectivity index (χ1n) is 6.85. The van der Waals surface area contributed by atoms with Crippen LogP contribution in [-0.2, 0) is 7.05 Å². The van der Waals surface area contributed by atoms with Crippen molar-refractivity contribution in [3.8, 4) is 17.1 Å². The highest BCUT2D eigenvalue weighted by molar-refractivity contribution is 6.01. The molecule has 0 aliphatic rings. The van der Waals surface area contributed by atoms with E-state index in [1.165, 1.54) is 5.39 Å². The summed E-state index contributed by atoms with van der Waals surface area (Å²) in [6.07, 6.45) is 1.79. The number of aromatic amines is 1. The van der Waals surface area contributed by atoms with Crippen molar-refractivity contribution in [3.05, 3.63) is 48.7 Å². The van der Waals surface area contributed by atoms with Gasteiger partial charge in [-0.1, -0.05) is 18.2 Å². The van der Waals surface area contributed by atoms with Gasteiger partial charge in [-0.05, 0) is 24.3 Å². The third-order valence-corrected chi connectivity index (χ3v) is 3.91. The standard InChI is InChI=1S/C17H15N3O/c1-20-14-8-4-3-7-12(14)15(17(20)21-2)13-10-11-6-5-9-18-16(11)19-13/h3-10H,1-2H3,(H,18,19). The molecule has 1 N–H and O–H groups in total. The van der Waals surface area contributed by atoms with Crippen molar-refractivity contribution in [2.24, 2.45) is 7.05 Å². The Labute approximate surface area is 122 Å². The van der Waals surface area contributed by atoms with E-state index >= 15 is 0 Å². The Hall–Kier alpha value is -2.75. The van der Waals surface area contributed by atoms with Gasteiger partial charge in [-0.25, -0.2) is 4.98 Å². The molecule has 4 nitrogen and oxygen atoms in total. The zero-order valence-electron chi connectivity index (χ0n) is 11.9. The van der Waals surface area contributed by atoms with E-state index in [0.717, 1.165) is 33.7 Å². The molecule has 4 heteroatoms. The molecule has 0 spiro atoms. The van der Waals surface area contributed by atoms with E-state index < -0.39 is 0 Å². The average molecular weight is 277 g/mol. The van der Waals surface area contributed by atoms with E-state index in [-0.39, 0.29) is 0 Å². The summed E-state index contributed by atoms with van der Waals surface area (Å²) < 4.78 is 7.71. The van der Waals surface area contributed by atoms with E-state index in [1.807, 2.05) is 25.2 Å². The molecule has 0 saturated carbocycles. The van der Waals surface area contributed by atoms with Crippen LogP contribution in [-0.4, -0.2) is 21.6 Å². The van der Waals surface area contributed by atoms with Gasteiger partial charge < -0.3 is 14.3 Å². The summed E-state index contributed by atoms with van der Waals surface area (Å²) in [5.41, 5.74) is 4.14. The molecular formula is C17H15N3O. The normalized spacial score (nSPS) is 11.3. The highest BCUT2D eigenvalue weighted by Gasteiger charge is 2.18. The van der Waals surface area contributed by atoms with Gasteiger partial charge in [0, 0.05) is 24.0 Å². The van der Waals surface area contributed by atoms with Gasteiger partial charge in [-0.2, -0.15) is 0 Å². The number of H-pyrrole nitrogens is 1. The molecule has 3 aromatic heterocycles. The predicted octanol–water partition coefficient (Wildman–Crippen LogP) is 3.73. The molecule has 0 unspecified atom stereocenters. The van der Waals surface area contributed by atoms with Crippen LogP contribution in [0.2, 0.25) is 0 Å². The number of hydrogen-bond donors (Lipinski definition) is 1. The zero-order chi connectivity index (χ0) is 14.4. The highest BCUT2D eigenvalue weighted by atomic mass is 16.5. The summed E-state index contributed by atoms with van der Waals surface area (Å²) in [5.74, 6) is 0.850. The Morgan fingerprint density at radius 3 is 2.81 bits per heavy atom. The van der Waals surface area contributed by atoms with E-state index in [1.54, 1.807) is 13.3 Å². The number of nitrogens with one attached hydrogen (secondary N) is 1. The first kappa shape index (κ1) is 12.0. The number of aromatic nitrogens is 3. The molecule has 0 saturated heterocycles. The largest absolute Gasteiger partial charge is 0.482 e. The van der Waals surface area contributed by atoms with Crippen LogP contribution in [0.3, 0.4) is 0 Å². The van der Waals surface area contributed by atoms with Crippen LogP contribution in [0.15, 0.2) is 48.7 Å². The fourth-order valence-electron chi connectivity index (χ4n) is 2.96. The van der Waals surface area contributed by atoms with Crippen molar-refractivity contribution in [2.75, 3.05) is 7.11 Å². The van der Waals surface area contributed by atoms with Crippen molar-refractivity contribution in [2.45, 2.75) is 0 Å². The maximum absolute atomic E-state index is 5.63. The molecule has 21 heavy (non-hydrogen) atoms. The predicted molar refractivity (Wildman–Crippen MR) is 84.6 cm³/mol. The van der Waals surface area contributed by atoms with Gasteiger partial charge >= 0.3 is 0 Å². The maximum Gasteiger partial charge on any atom is 0.203 e. The number of fused-ring (bicyclic) bond motifs is 2. The number of hydrogen-bond acceptors (Lipinski definition) is 2. The quantitative estimate of drug-likeness (QED) is 0.606. The minimum absolute atomic E-state index is 0.850. The smallest absolute Gasteiger partial charge is 0.203 e. The molecule has 1 aromatic carbocycles. The van der Waals surface area contributed by atoms with Gasteiger partial charge in [0.2, 0.25) is 5.88 Å². The number of benzene rings is 1. The molecule has 0 radical (unpaired) electrons. The number of rotatable bonds is 2. The number of para-hydroxylation sites is 1. The molecule has 4 aromatic rings. The number of pyridine rings is 1. The Balaban J connectivity index is 2.09. The minimum Gasteiger partial charge on any atom is -0.482 e. The number of aryl methyl sites for hydroxylation is 1. The minimum atomic E-state index is 0.850. The van der Waals surface area contributed by atoms with Crippen LogP contribution < -0.4 is 4.74 Å². The van der Waals surface area contributed by atoms with E-state index in [0.29, 0.717) is 0 Å². The second kappa shape index (κ2) is 4.38. The van der Waals surface area contributed by atoms with Crippen LogP contribution in [0.4, 0.5) is 0 Å². The van der Waals surface area contributed by atoms with E-state index in [2.05, 4.69) is 38.8 Å². The molecular weight excluding hydrogens is 262 g/mol. The zero-order valence-corrected chi connectivity index (χ0v) is 11.9. The molecule has 0 bridgehead atoms. The topological polar surface area (TPSA) is 42.8 Å². The second-order valence-corrected chi connectivity index (χ2v) is 5.08. The monoisotopic (exact) mass is 277 g/mol. The maximum atomic E-state index is 5.63. The first-order valence-corrected chi connectivity index (χ1v) is 6.85. The van der Waals surface area contributed by atoms with E-state index in [9.17, 15) is 0 Å². The molecule has 0 atom stereocenters. The summed E-state index contributed by atoms with van der Waals surface area (Å²) >= 11 is 0. The molecule has 4 rings (SSSR count). The third kappa shape index (κ3) is 1.65. The molecule has 3 heterocycles. The first-order chi connectivity index (χ1) is 10.3. The van der Waals surface area contributed by atoms with Gasteiger partial charge in [0.15, 0.2) is 0 Å². The van der Waals surface area contributed by atoms with E-state index in [4.69, 9.17) is 4.74 Å². The Morgan fingerprint density at radius 2 is 2.00 bits per heavy atom. The van der Waals surface area contributed by atoms with Crippen LogP contribution in [0, 0.1) is 0 Å². The van der Waals surface area contributed by atoms with Crippen LogP contribution in [0.25, 0.3) is 33.2 Å². The number of methoxy groups -OCH3 is 1. The lowest BCUT2D eigenvalue weighted by molar-refractivity contribution is 0.386. The summed E-state index contributed by atoms with van der Waals surface area (Å²) in [7, 11) is 3.73. The Kier molecular flexibility index (Phi) is 2.51. The fourth-order valence-corrected chi connectivity index (χ4v) is 2.96. The van der Waals surface area contributed by atoms with Crippen molar-refractivity contribution < 1.29 is 4.74 Å². The van der Waals surface area contributed by atoms with Crippen molar-refractivity contribution in [3.63, 3.8) is 0 Å². The summed E-state index contributed by atoms with van der Waals surface area (Å²) in [6, 6.07) is 14.4. The lowest BCUT2D eigenvalue weighted by atomic mass is 10.1. The summed E-state index contributed by atoms with van der Waals surface area (Å²) in [5, 5.41) is 2.27. The van der Waals surface area contributed by atoms with Gasteiger partial charge in [0.25, 0.3) is 0 Å². The lowest BCUT2D eigenvalue weighted by Crippen LogP contribution is -1.94. The highest BCUT2D eigenvalue weighted by Crippen LogP contribution is 2.39. The van der Waals surface area contributed by atoms with Crippen molar-refractivity contribution in [1.82, 2.24) is 14.5 Å². The Morgan fingerprint density at radius 1 is 1.14 bits per heavy atom. The summed E-state index contributed by atoms with van der Waals surface area (Å²) in [4.78, 5) is 7.75. The van der Waals surface area contributed by atoms with Crippen molar-refractivity contribution >= 4 is 21.9 Å². The number of ether oxygens (including phenoxy) is 1. The van der Waals surface area contributed by atoms with Crippen LogP contribution in [0.1, 0.15) is 0 Å². The van der Waals surface area contributed by atoms with Gasteiger partial charge in [0.05, 0.1) is 23.9 Å². The lowest BCUT2D eigenvalue weighted by Gasteiger charge is -2.04. The van der Waals surface area contributed by atoms with Crippen LogP contribution in [0.5, 0.6) is 5.88 Å². The van der Waals surface area contributed by atoms with Crippen molar-refractivity contribution in [1.29, 1.82) is 0 Å². The average Bonchev–Trinajstić information content (AvgIpc) is 3.06. The fraction of sp³-hybridized carbons (Fsp3) is 0.118. The van der Waals surface area contributed by atoms with Gasteiger partial charge in [-0.3, -0.25) is 0 Å². The number of nitrogens with zero attached hydrogens (tertiary/aromatic N) is 2. The van der Waals surface area contributed by atoms with Gasteiger partial charge in [0.1, 0.15) is 5.65 Å². The third-order valence-electron chi connectivity index (χ3n) is 3.91. The second-order valence-electron chi connectivity index (χ2n) is 5.08. The molecule has 0 amide bonds. The molecule has 104 valence electrons. The van der Waals surface area contributed by atoms with Crippen LogP contribution >= 0.6 is 0 Å². The molecule has 0 fully saturated rings. The molecule has 0 aliphatic heterocycles. The summed E-state index contributed by atoms with van der Waals surface area (Å²) in [6.45, 7) is 0.